The molecule has 0 aromatic carbocycles. The predicted octanol–water partition coefficient (Wildman–Crippen LogP) is 5.30. The fourth-order valence-corrected chi connectivity index (χ4v) is 2.40. The molecule has 0 radical (unpaired) electrons. The quantitative estimate of drug-likeness (QED) is 0.178. The van der Waals surface area contributed by atoms with Gasteiger partial charge in [0.15, 0.2) is 5.57 Å². The first kappa shape index (κ1) is 22.6. The number of nitrogens with zero attached hydrogens (tertiary/aromatic N) is 1. The van der Waals surface area contributed by atoms with E-state index in [1.807, 2.05) is 18.2 Å². The minimum atomic E-state index is -4.96. The monoisotopic (exact) mass is 383 g/mol. The molecule has 148 valence electrons. The summed E-state index contributed by atoms with van der Waals surface area (Å²) in [7, 11) is 0. The fraction of sp³-hybridized carbons (Fsp3) is 0.500. The first-order valence-corrected chi connectivity index (χ1v) is 8.81. The van der Waals surface area contributed by atoms with Crippen molar-refractivity contribution in [1.29, 1.82) is 5.26 Å². The Kier molecular flexibility index (Phi) is 9.41. The number of rotatable bonds is 9. The highest BCUT2D eigenvalue weighted by molar-refractivity contribution is 5.93. The highest BCUT2D eigenvalue weighted by Crippen LogP contribution is 2.31. The summed E-state index contributed by atoms with van der Waals surface area (Å²) < 4.78 is 49.7. The van der Waals surface area contributed by atoms with Crippen LogP contribution in [0.5, 0.6) is 0 Å². The summed E-state index contributed by atoms with van der Waals surface area (Å²) in [6, 6.07) is 1.29. The smallest absolute Gasteiger partial charge is 0.450 e. The van der Waals surface area contributed by atoms with E-state index in [4.69, 9.17) is 14.7 Å². The minimum Gasteiger partial charge on any atom is -0.485 e. The Labute approximate surface area is 157 Å². The molecule has 0 aromatic heterocycles. The summed E-state index contributed by atoms with van der Waals surface area (Å²) in [6.07, 6.45) is 6.66. The summed E-state index contributed by atoms with van der Waals surface area (Å²) in [5, 5.41) is 9.08. The number of hydrogen-bond donors (Lipinski definition) is 0. The molecule has 0 N–H and O–H groups in total. The lowest BCUT2D eigenvalue weighted by atomic mass is 10.1. The number of ether oxygens (including phenoxy) is 2. The number of carbonyl (C=O) groups is 1. The Morgan fingerprint density at radius 1 is 1.41 bits per heavy atom. The van der Waals surface area contributed by atoms with Gasteiger partial charge in [0.1, 0.15) is 6.07 Å². The number of allylic oxidation sites excluding steroid dienone is 6. The Morgan fingerprint density at radius 3 is 2.70 bits per heavy atom. The maximum atomic E-state index is 13.3. The Bertz CT molecular complexity index is 667. The number of nitriles is 1. The molecular weight excluding hydrogens is 359 g/mol. The van der Waals surface area contributed by atoms with Gasteiger partial charge in [-0.3, -0.25) is 0 Å². The van der Waals surface area contributed by atoms with Crippen molar-refractivity contribution < 1.29 is 27.4 Å². The molecule has 0 aromatic rings. The van der Waals surface area contributed by atoms with Crippen LogP contribution in [0, 0.1) is 11.3 Å². The normalized spacial score (nSPS) is 16.4. The van der Waals surface area contributed by atoms with E-state index in [0.717, 1.165) is 18.4 Å². The van der Waals surface area contributed by atoms with Gasteiger partial charge < -0.3 is 9.47 Å². The standard InChI is InChI=1S/C20H24F3NO3/c1-3-4-6-9-15(2)27-18(20(21,22)23)17(14-24)19(25)26-13-12-16-10-7-5-8-11-16/h3-4,7,10-11,15H,5-6,8-9,12-13H2,1-2H3/b4-3-,18-17-. The number of alkyl halides is 3. The van der Waals surface area contributed by atoms with E-state index in [1.165, 1.54) is 13.0 Å². The molecule has 4 nitrogen and oxygen atoms in total. The molecule has 1 rings (SSSR count). The molecule has 0 amide bonds. The topological polar surface area (TPSA) is 59.3 Å². The maximum Gasteiger partial charge on any atom is 0.450 e. The van der Waals surface area contributed by atoms with Gasteiger partial charge in [-0.15, -0.1) is 0 Å². The van der Waals surface area contributed by atoms with Gasteiger partial charge >= 0.3 is 12.1 Å². The highest BCUT2D eigenvalue weighted by atomic mass is 19.4. The SMILES string of the molecule is C/C=C\CCC(C)O/C(=C(/C#N)C(=O)OCCC1=CCCC=C1)C(F)(F)F. The van der Waals surface area contributed by atoms with Crippen molar-refractivity contribution in [2.75, 3.05) is 6.61 Å². The third-order valence-corrected chi connectivity index (χ3v) is 3.79. The summed E-state index contributed by atoms with van der Waals surface area (Å²) in [4.78, 5) is 12.0. The van der Waals surface area contributed by atoms with Crippen LogP contribution >= 0.6 is 0 Å². The third-order valence-electron chi connectivity index (χ3n) is 3.79. The molecule has 1 aliphatic rings. The van der Waals surface area contributed by atoms with Crippen LogP contribution in [0.25, 0.3) is 0 Å². The van der Waals surface area contributed by atoms with Gasteiger partial charge in [-0.05, 0) is 45.1 Å². The summed E-state index contributed by atoms with van der Waals surface area (Å²) >= 11 is 0. The van der Waals surface area contributed by atoms with Crippen LogP contribution < -0.4 is 0 Å². The molecule has 27 heavy (non-hydrogen) atoms. The van der Waals surface area contributed by atoms with Crippen LogP contribution in [-0.2, 0) is 14.3 Å². The zero-order chi connectivity index (χ0) is 20.3. The summed E-state index contributed by atoms with van der Waals surface area (Å²) in [5.41, 5.74) is -0.213. The zero-order valence-corrected chi connectivity index (χ0v) is 15.5. The van der Waals surface area contributed by atoms with Gasteiger partial charge in [0, 0.05) is 6.42 Å². The van der Waals surface area contributed by atoms with Crippen molar-refractivity contribution in [3.8, 4) is 6.07 Å². The second-order valence-electron chi connectivity index (χ2n) is 6.03. The Balaban J connectivity index is 2.81. The zero-order valence-electron chi connectivity index (χ0n) is 15.5. The Hall–Kier alpha value is -2.49. The van der Waals surface area contributed by atoms with Gasteiger partial charge in [-0.1, -0.05) is 30.4 Å². The van der Waals surface area contributed by atoms with Gasteiger partial charge in [0.25, 0.3) is 0 Å². The molecule has 1 aliphatic carbocycles. The fourth-order valence-electron chi connectivity index (χ4n) is 2.40. The van der Waals surface area contributed by atoms with Gasteiger partial charge in [0.2, 0.25) is 5.76 Å². The van der Waals surface area contributed by atoms with E-state index in [0.29, 0.717) is 19.3 Å². The molecule has 0 spiro atoms. The van der Waals surface area contributed by atoms with Crippen molar-refractivity contribution in [3.63, 3.8) is 0 Å². The second-order valence-corrected chi connectivity index (χ2v) is 6.03. The van der Waals surface area contributed by atoms with Crippen LogP contribution in [0.3, 0.4) is 0 Å². The predicted molar refractivity (Wildman–Crippen MR) is 95.3 cm³/mol. The first-order chi connectivity index (χ1) is 12.8. The molecule has 1 atom stereocenters. The first-order valence-electron chi connectivity index (χ1n) is 8.81. The van der Waals surface area contributed by atoms with Gasteiger partial charge in [-0.25, -0.2) is 4.79 Å². The Morgan fingerprint density at radius 2 is 2.15 bits per heavy atom. The van der Waals surface area contributed by atoms with Gasteiger partial charge in [-0.2, -0.15) is 18.4 Å². The van der Waals surface area contributed by atoms with Crippen molar-refractivity contribution in [2.24, 2.45) is 0 Å². The third kappa shape index (κ3) is 8.16. The van der Waals surface area contributed by atoms with Crippen molar-refractivity contribution >= 4 is 5.97 Å². The molecule has 0 saturated heterocycles. The van der Waals surface area contributed by atoms with Gasteiger partial charge in [0.05, 0.1) is 12.7 Å². The van der Waals surface area contributed by atoms with Crippen LogP contribution in [0.15, 0.2) is 47.3 Å². The molecule has 0 heterocycles. The molecule has 1 unspecified atom stereocenters. The average molecular weight is 383 g/mol. The average Bonchev–Trinajstić information content (AvgIpc) is 2.62. The van der Waals surface area contributed by atoms with Crippen LogP contribution in [-0.4, -0.2) is 24.9 Å². The maximum absolute atomic E-state index is 13.3. The summed E-state index contributed by atoms with van der Waals surface area (Å²) in [6.45, 7) is 3.15. The van der Waals surface area contributed by atoms with Crippen LogP contribution in [0.2, 0.25) is 0 Å². The molecule has 0 aliphatic heterocycles. The lowest BCUT2D eigenvalue weighted by Crippen LogP contribution is -2.24. The van der Waals surface area contributed by atoms with Crippen molar-refractivity contribution in [2.45, 2.75) is 58.2 Å². The molecule has 0 bridgehead atoms. The largest absolute Gasteiger partial charge is 0.485 e. The van der Waals surface area contributed by atoms with E-state index in [9.17, 15) is 18.0 Å². The minimum absolute atomic E-state index is 0.109. The number of esters is 1. The van der Waals surface area contributed by atoms with E-state index >= 15 is 0 Å². The second kappa shape index (κ2) is 11.3. The van der Waals surface area contributed by atoms with Crippen molar-refractivity contribution in [3.05, 3.63) is 47.3 Å². The highest BCUT2D eigenvalue weighted by Gasteiger charge is 2.42. The van der Waals surface area contributed by atoms with E-state index in [-0.39, 0.29) is 6.61 Å². The van der Waals surface area contributed by atoms with Crippen LogP contribution in [0.1, 0.15) is 46.0 Å². The lowest BCUT2D eigenvalue weighted by Gasteiger charge is -2.19. The number of carbonyl (C=O) groups excluding carboxylic acids is 1. The van der Waals surface area contributed by atoms with E-state index < -0.39 is 29.6 Å². The molecule has 7 heteroatoms. The van der Waals surface area contributed by atoms with E-state index in [2.05, 4.69) is 0 Å². The molecule has 0 fully saturated rings. The van der Waals surface area contributed by atoms with Crippen molar-refractivity contribution in [1.82, 2.24) is 0 Å². The van der Waals surface area contributed by atoms with Crippen LogP contribution in [0.4, 0.5) is 13.2 Å². The molecular formula is C20H24F3NO3. The summed E-state index contributed by atoms with van der Waals surface area (Å²) in [5.74, 6) is -2.93. The number of hydrogen-bond acceptors (Lipinski definition) is 4. The number of halogens is 3. The molecule has 0 saturated carbocycles. The van der Waals surface area contributed by atoms with E-state index in [1.54, 1.807) is 19.1 Å². The lowest BCUT2D eigenvalue weighted by molar-refractivity contribution is -0.148.